The fourth-order valence-electron chi connectivity index (χ4n) is 1.89. The van der Waals surface area contributed by atoms with Crippen molar-refractivity contribution in [3.8, 4) is 0 Å². The lowest BCUT2D eigenvalue weighted by Gasteiger charge is -2.16. The van der Waals surface area contributed by atoms with Crippen molar-refractivity contribution in [1.29, 1.82) is 0 Å². The van der Waals surface area contributed by atoms with E-state index in [1.807, 2.05) is 0 Å². The molecule has 0 bridgehead atoms. The monoisotopic (exact) mass is 353 g/mol. The minimum Gasteiger partial charge on any atom is -0.450 e. The molecule has 3 N–H and O–H groups in total. The molecule has 25 heavy (non-hydrogen) atoms. The van der Waals surface area contributed by atoms with E-state index in [2.05, 4.69) is 16.0 Å². The first-order chi connectivity index (χ1) is 11.9. The molecule has 1 aromatic rings. The maximum Gasteiger partial charge on any atom is 0.411 e. The van der Waals surface area contributed by atoms with Gasteiger partial charge in [-0.25, -0.2) is 14.4 Å². The molecular weight excluding hydrogens is 330 g/mol. The molecule has 0 saturated heterocycles. The van der Waals surface area contributed by atoms with Crippen molar-refractivity contribution in [2.75, 3.05) is 35.8 Å². The number of rotatable bonds is 6. The number of carbonyl (C=O) groups is 3. The standard InChI is InChI=1S/C16H23N3O6/c1-5-23-14(20)17-11-8-12(18-15(21)24-6-2)10(4)13(9-11)19-16(22)25-7-3/h8-9H,5-7H2,1-4H3,(H,17,20)(H,18,21)(H,19,22). The number of hydrogen-bond acceptors (Lipinski definition) is 6. The summed E-state index contributed by atoms with van der Waals surface area (Å²) in [6.45, 7) is 7.35. The highest BCUT2D eigenvalue weighted by Gasteiger charge is 2.14. The van der Waals surface area contributed by atoms with Crippen LogP contribution in [-0.4, -0.2) is 38.1 Å². The Labute approximate surface area is 146 Å². The Bertz CT molecular complexity index is 591. The van der Waals surface area contributed by atoms with Crippen molar-refractivity contribution in [2.24, 2.45) is 0 Å². The number of benzene rings is 1. The largest absolute Gasteiger partial charge is 0.450 e. The summed E-state index contributed by atoms with van der Waals surface area (Å²) in [6, 6.07) is 3.05. The lowest BCUT2D eigenvalue weighted by Crippen LogP contribution is -2.18. The Kier molecular flexibility index (Phi) is 8.04. The highest BCUT2D eigenvalue weighted by atomic mass is 16.6. The van der Waals surface area contributed by atoms with Crippen LogP contribution in [-0.2, 0) is 14.2 Å². The average molecular weight is 353 g/mol. The highest BCUT2D eigenvalue weighted by molar-refractivity contribution is 5.95. The van der Waals surface area contributed by atoms with Gasteiger partial charge in [0.15, 0.2) is 0 Å². The van der Waals surface area contributed by atoms with Gasteiger partial charge in [-0.05, 0) is 45.4 Å². The molecule has 3 amide bonds. The second-order valence-electron chi connectivity index (χ2n) is 4.73. The summed E-state index contributed by atoms with van der Waals surface area (Å²) in [5, 5.41) is 7.63. The molecule has 0 aromatic heterocycles. The summed E-state index contributed by atoms with van der Waals surface area (Å²) >= 11 is 0. The van der Waals surface area contributed by atoms with Gasteiger partial charge in [0.25, 0.3) is 0 Å². The van der Waals surface area contributed by atoms with Crippen molar-refractivity contribution >= 4 is 35.3 Å². The molecule has 9 heteroatoms. The molecule has 138 valence electrons. The first-order valence-corrected chi connectivity index (χ1v) is 7.87. The van der Waals surface area contributed by atoms with E-state index in [1.54, 1.807) is 27.7 Å². The summed E-state index contributed by atoms with van der Waals surface area (Å²) in [7, 11) is 0. The van der Waals surface area contributed by atoms with E-state index in [4.69, 9.17) is 14.2 Å². The van der Waals surface area contributed by atoms with E-state index in [-0.39, 0.29) is 19.8 Å². The molecule has 0 aliphatic heterocycles. The van der Waals surface area contributed by atoms with Gasteiger partial charge in [-0.15, -0.1) is 0 Å². The number of carbonyl (C=O) groups excluding carboxylic acids is 3. The molecule has 0 fully saturated rings. The van der Waals surface area contributed by atoms with Crippen LogP contribution in [0.4, 0.5) is 31.4 Å². The Hall–Kier alpha value is -2.97. The van der Waals surface area contributed by atoms with Crippen molar-refractivity contribution in [1.82, 2.24) is 0 Å². The Morgan fingerprint density at radius 2 is 1.12 bits per heavy atom. The van der Waals surface area contributed by atoms with Gasteiger partial charge in [0, 0.05) is 5.69 Å². The summed E-state index contributed by atoms with van der Waals surface area (Å²) in [5.74, 6) is 0. The fraction of sp³-hybridized carbons (Fsp3) is 0.438. The first-order valence-electron chi connectivity index (χ1n) is 7.87. The van der Waals surface area contributed by atoms with Crippen LogP contribution in [0.3, 0.4) is 0 Å². The lowest BCUT2D eigenvalue weighted by molar-refractivity contribution is 0.167. The second-order valence-corrected chi connectivity index (χ2v) is 4.73. The zero-order valence-corrected chi connectivity index (χ0v) is 14.7. The molecule has 0 heterocycles. The van der Waals surface area contributed by atoms with Gasteiger partial charge >= 0.3 is 18.3 Å². The van der Waals surface area contributed by atoms with Crippen LogP contribution in [0.25, 0.3) is 0 Å². The quantitative estimate of drug-likeness (QED) is 0.672. The summed E-state index contributed by atoms with van der Waals surface area (Å²) in [4.78, 5) is 35.0. The van der Waals surface area contributed by atoms with Crippen molar-refractivity contribution < 1.29 is 28.6 Å². The Balaban J connectivity index is 3.13. The SMILES string of the molecule is CCOC(=O)Nc1cc(NC(=O)OCC)c(C)c(NC(=O)OCC)c1. The molecule has 0 aliphatic rings. The van der Waals surface area contributed by atoms with E-state index < -0.39 is 18.3 Å². The van der Waals surface area contributed by atoms with Crippen molar-refractivity contribution in [2.45, 2.75) is 27.7 Å². The number of amides is 3. The van der Waals surface area contributed by atoms with E-state index in [0.717, 1.165) is 0 Å². The van der Waals surface area contributed by atoms with Crippen LogP contribution in [0.2, 0.25) is 0 Å². The molecule has 0 saturated carbocycles. The zero-order chi connectivity index (χ0) is 18.8. The minimum atomic E-state index is -0.657. The summed E-state index contributed by atoms with van der Waals surface area (Å²) < 4.78 is 14.5. The van der Waals surface area contributed by atoms with Crippen LogP contribution >= 0.6 is 0 Å². The average Bonchev–Trinajstić information content (AvgIpc) is 2.52. The molecule has 0 aliphatic carbocycles. The first kappa shape index (κ1) is 20.1. The van der Waals surface area contributed by atoms with Gasteiger partial charge in [-0.3, -0.25) is 16.0 Å². The Morgan fingerprint density at radius 1 is 0.760 bits per heavy atom. The Morgan fingerprint density at radius 3 is 1.48 bits per heavy atom. The van der Waals surface area contributed by atoms with Crippen LogP contribution in [0.5, 0.6) is 0 Å². The third kappa shape index (κ3) is 6.58. The fourth-order valence-corrected chi connectivity index (χ4v) is 1.89. The van der Waals surface area contributed by atoms with Gasteiger partial charge in [-0.1, -0.05) is 0 Å². The normalized spacial score (nSPS) is 9.76. The molecule has 0 unspecified atom stereocenters. The van der Waals surface area contributed by atoms with E-state index in [0.29, 0.717) is 22.6 Å². The third-order valence-corrected chi connectivity index (χ3v) is 2.95. The molecule has 9 nitrogen and oxygen atoms in total. The van der Waals surface area contributed by atoms with Gasteiger partial charge < -0.3 is 14.2 Å². The van der Waals surface area contributed by atoms with E-state index in [1.165, 1.54) is 12.1 Å². The van der Waals surface area contributed by atoms with Crippen LogP contribution < -0.4 is 16.0 Å². The minimum absolute atomic E-state index is 0.208. The lowest BCUT2D eigenvalue weighted by atomic mass is 10.1. The van der Waals surface area contributed by atoms with Crippen molar-refractivity contribution in [3.63, 3.8) is 0 Å². The number of ether oxygens (including phenoxy) is 3. The third-order valence-electron chi connectivity index (χ3n) is 2.95. The highest BCUT2D eigenvalue weighted by Crippen LogP contribution is 2.29. The van der Waals surface area contributed by atoms with Crippen LogP contribution in [0.1, 0.15) is 26.3 Å². The number of hydrogen-bond donors (Lipinski definition) is 3. The number of nitrogens with one attached hydrogen (secondary N) is 3. The van der Waals surface area contributed by atoms with E-state index >= 15 is 0 Å². The topological polar surface area (TPSA) is 115 Å². The van der Waals surface area contributed by atoms with Crippen molar-refractivity contribution in [3.05, 3.63) is 17.7 Å². The van der Waals surface area contributed by atoms with Crippen LogP contribution in [0.15, 0.2) is 12.1 Å². The van der Waals surface area contributed by atoms with Gasteiger partial charge in [0.2, 0.25) is 0 Å². The molecular formula is C16H23N3O6. The zero-order valence-electron chi connectivity index (χ0n) is 14.7. The van der Waals surface area contributed by atoms with Gasteiger partial charge in [-0.2, -0.15) is 0 Å². The van der Waals surface area contributed by atoms with Crippen LogP contribution in [0, 0.1) is 6.92 Å². The van der Waals surface area contributed by atoms with Gasteiger partial charge in [0.1, 0.15) is 0 Å². The van der Waals surface area contributed by atoms with Gasteiger partial charge in [0.05, 0.1) is 31.2 Å². The number of anilines is 3. The smallest absolute Gasteiger partial charge is 0.411 e. The second kappa shape index (κ2) is 10.0. The van der Waals surface area contributed by atoms with E-state index in [9.17, 15) is 14.4 Å². The molecule has 1 rings (SSSR count). The predicted molar refractivity (Wildman–Crippen MR) is 93.1 cm³/mol. The molecule has 1 aromatic carbocycles. The summed E-state index contributed by atoms with van der Waals surface area (Å²) in [6.07, 6.45) is -1.96. The molecule has 0 atom stereocenters. The molecule has 0 radical (unpaired) electrons. The predicted octanol–water partition coefficient (Wildman–Crippen LogP) is 3.70. The maximum atomic E-state index is 11.7. The maximum absolute atomic E-state index is 11.7. The summed E-state index contributed by atoms with van der Waals surface area (Å²) in [5.41, 5.74) is 1.61. The molecule has 0 spiro atoms.